The summed E-state index contributed by atoms with van der Waals surface area (Å²) in [6.07, 6.45) is 0.911. The van der Waals surface area contributed by atoms with Crippen molar-refractivity contribution in [3.05, 3.63) is 23.2 Å². The number of anilines is 1. The SMILES string of the molecule is COc1cccc(Cl)c1NCCCN. The van der Waals surface area contributed by atoms with Crippen LogP contribution in [-0.4, -0.2) is 20.2 Å². The van der Waals surface area contributed by atoms with Crippen molar-refractivity contribution in [1.29, 1.82) is 0 Å². The molecule has 0 aliphatic rings. The average Bonchev–Trinajstić information content (AvgIpc) is 2.20. The predicted molar refractivity (Wildman–Crippen MR) is 60.2 cm³/mol. The number of ether oxygens (including phenoxy) is 1. The Morgan fingerprint density at radius 3 is 2.93 bits per heavy atom. The summed E-state index contributed by atoms with van der Waals surface area (Å²) >= 11 is 6.01. The number of rotatable bonds is 5. The molecule has 0 aliphatic heterocycles. The van der Waals surface area contributed by atoms with E-state index in [1.54, 1.807) is 7.11 Å². The van der Waals surface area contributed by atoms with Crippen LogP contribution in [0.5, 0.6) is 5.75 Å². The third kappa shape index (κ3) is 2.79. The number of nitrogens with one attached hydrogen (secondary N) is 1. The molecular formula is C10H15ClN2O. The van der Waals surface area contributed by atoms with Crippen LogP contribution >= 0.6 is 11.6 Å². The van der Waals surface area contributed by atoms with E-state index in [-0.39, 0.29) is 0 Å². The largest absolute Gasteiger partial charge is 0.495 e. The molecule has 0 bridgehead atoms. The molecule has 1 aromatic rings. The maximum absolute atomic E-state index is 6.01. The van der Waals surface area contributed by atoms with Crippen LogP contribution in [0.1, 0.15) is 6.42 Å². The van der Waals surface area contributed by atoms with Crippen LogP contribution in [0.4, 0.5) is 5.69 Å². The molecule has 1 rings (SSSR count). The molecule has 78 valence electrons. The third-order valence-electron chi connectivity index (χ3n) is 1.88. The summed E-state index contributed by atoms with van der Waals surface area (Å²) in [7, 11) is 1.62. The van der Waals surface area contributed by atoms with Crippen LogP contribution in [-0.2, 0) is 0 Å². The number of benzene rings is 1. The fourth-order valence-electron chi connectivity index (χ4n) is 1.16. The standard InChI is InChI=1S/C10H15ClN2O/c1-14-9-5-2-4-8(11)10(9)13-7-3-6-12/h2,4-5,13H,3,6-7,12H2,1H3. The molecule has 1 aromatic carbocycles. The number of hydrogen-bond acceptors (Lipinski definition) is 3. The van der Waals surface area contributed by atoms with Crippen molar-refractivity contribution >= 4 is 17.3 Å². The highest BCUT2D eigenvalue weighted by atomic mass is 35.5. The molecule has 14 heavy (non-hydrogen) atoms. The normalized spacial score (nSPS) is 9.93. The molecule has 0 unspecified atom stereocenters. The van der Waals surface area contributed by atoms with Gasteiger partial charge >= 0.3 is 0 Å². The van der Waals surface area contributed by atoms with Crippen molar-refractivity contribution in [3.8, 4) is 5.75 Å². The number of para-hydroxylation sites is 1. The van der Waals surface area contributed by atoms with Gasteiger partial charge in [-0.1, -0.05) is 17.7 Å². The van der Waals surface area contributed by atoms with E-state index < -0.39 is 0 Å². The van der Waals surface area contributed by atoms with E-state index in [1.807, 2.05) is 18.2 Å². The lowest BCUT2D eigenvalue weighted by molar-refractivity contribution is 0.416. The van der Waals surface area contributed by atoms with Crippen LogP contribution in [0.25, 0.3) is 0 Å². The molecule has 0 atom stereocenters. The highest BCUT2D eigenvalue weighted by Crippen LogP contribution is 2.31. The Labute approximate surface area is 89.2 Å². The highest BCUT2D eigenvalue weighted by Gasteiger charge is 2.05. The molecule has 0 aliphatic carbocycles. The summed E-state index contributed by atoms with van der Waals surface area (Å²) in [6.45, 7) is 1.47. The maximum Gasteiger partial charge on any atom is 0.143 e. The Kier molecular flexibility index (Phi) is 4.56. The molecule has 0 heterocycles. The number of hydrogen-bond donors (Lipinski definition) is 2. The van der Waals surface area contributed by atoms with Crippen LogP contribution in [0.15, 0.2) is 18.2 Å². The van der Waals surface area contributed by atoms with Crippen LogP contribution < -0.4 is 15.8 Å². The van der Waals surface area contributed by atoms with Crippen molar-refractivity contribution in [2.45, 2.75) is 6.42 Å². The van der Waals surface area contributed by atoms with Gasteiger partial charge in [0, 0.05) is 6.54 Å². The van der Waals surface area contributed by atoms with Crippen molar-refractivity contribution in [1.82, 2.24) is 0 Å². The van der Waals surface area contributed by atoms with E-state index in [1.165, 1.54) is 0 Å². The van der Waals surface area contributed by atoms with Crippen LogP contribution in [0.3, 0.4) is 0 Å². The van der Waals surface area contributed by atoms with Gasteiger partial charge in [-0.15, -0.1) is 0 Å². The van der Waals surface area contributed by atoms with Crippen LogP contribution in [0.2, 0.25) is 5.02 Å². The quantitative estimate of drug-likeness (QED) is 0.739. The van der Waals surface area contributed by atoms with Gasteiger partial charge < -0.3 is 15.8 Å². The smallest absolute Gasteiger partial charge is 0.143 e. The second kappa shape index (κ2) is 5.73. The van der Waals surface area contributed by atoms with Crippen molar-refractivity contribution in [2.24, 2.45) is 5.73 Å². The van der Waals surface area contributed by atoms with E-state index in [0.717, 1.165) is 24.4 Å². The van der Waals surface area contributed by atoms with Gasteiger partial charge in [-0.2, -0.15) is 0 Å². The molecule has 0 saturated carbocycles. The number of nitrogens with two attached hydrogens (primary N) is 1. The Bertz CT molecular complexity index is 291. The molecule has 3 N–H and O–H groups in total. The average molecular weight is 215 g/mol. The summed E-state index contributed by atoms with van der Waals surface area (Å²) in [5, 5.41) is 3.86. The Morgan fingerprint density at radius 2 is 2.29 bits per heavy atom. The molecule has 0 fully saturated rings. The summed E-state index contributed by atoms with van der Waals surface area (Å²) in [5.74, 6) is 0.759. The third-order valence-corrected chi connectivity index (χ3v) is 2.19. The first-order valence-corrected chi connectivity index (χ1v) is 4.94. The molecule has 0 spiro atoms. The lowest BCUT2D eigenvalue weighted by Crippen LogP contribution is -2.09. The highest BCUT2D eigenvalue weighted by molar-refractivity contribution is 6.33. The van der Waals surface area contributed by atoms with Gasteiger partial charge in [0.05, 0.1) is 17.8 Å². The van der Waals surface area contributed by atoms with Gasteiger partial charge in [0.2, 0.25) is 0 Å². The van der Waals surface area contributed by atoms with E-state index >= 15 is 0 Å². The first-order chi connectivity index (χ1) is 6.79. The molecule has 3 nitrogen and oxygen atoms in total. The summed E-state index contributed by atoms with van der Waals surface area (Å²) in [5.41, 5.74) is 6.24. The minimum atomic E-state index is 0.666. The summed E-state index contributed by atoms with van der Waals surface area (Å²) < 4.78 is 5.18. The molecular weight excluding hydrogens is 200 g/mol. The summed E-state index contributed by atoms with van der Waals surface area (Å²) in [6, 6.07) is 5.56. The molecule has 0 aromatic heterocycles. The fourth-order valence-corrected chi connectivity index (χ4v) is 1.39. The predicted octanol–water partition coefficient (Wildman–Crippen LogP) is 2.11. The number of halogens is 1. The molecule has 0 saturated heterocycles. The van der Waals surface area contributed by atoms with Gasteiger partial charge in [-0.3, -0.25) is 0 Å². The minimum Gasteiger partial charge on any atom is -0.495 e. The van der Waals surface area contributed by atoms with E-state index in [9.17, 15) is 0 Å². The van der Waals surface area contributed by atoms with Gasteiger partial charge in [-0.05, 0) is 25.1 Å². The zero-order valence-electron chi connectivity index (χ0n) is 8.22. The number of methoxy groups -OCH3 is 1. The van der Waals surface area contributed by atoms with E-state index in [4.69, 9.17) is 22.1 Å². The minimum absolute atomic E-state index is 0.666. The molecule has 0 radical (unpaired) electrons. The van der Waals surface area contributed by atoms with Gasteiger partial charge in [0.15, 0.2) is 0 Å². The summed E-state index contributed by atoms with van der Waals surface area (Å²) in [4.78, 5) is 0. The molecule has 4 heteroatoms. The fraction of sp³-hybridized carbons (Fsp3) is 0.400. The van der Waals surface area contributed by atoms with Crippen molar-refractivity contribution in [2.75, 3.05) is 25.5 Å². The lowest BCUT2D eigenvalue weighted by Gasteiger charge is -2.11. The lowest BCUT2D eigenvalue weighted by atomic mass is 10.3. The van der Waals surface area contributed by atoms with E-state index in [0.29, 0.717) is 11.6 Å². The zero-order valence-corrected chi connectivity index (χ0v) is 8.97. The second-order valence-corrected chi connectivity index (χ2v) is 3.29. The van der Waals surface area contributed by atoms with Gasteiger partial charge in [0.25, 0.3) is 0 Å². The zero-order chi connectivity index (χ0) is 10.4. The van der Waals surface area contributed by atoms with Crippen molar-refractivity contribution < 1.29 is 4.74 Å². The monoisotopic (exact) mass is 214 g/mol. The van der Waals surface area contributed by atoms with Gasteiger partial charge in [-0.25, -0.2) is 0 Å². The maximum atomic E-state index is 6.01. The Balaban J connectivity index is 2.72. The Hall–Kier alpha value is -0.930. The first kappa shape index (κ1) is 11.1. The van der Waals surface area contributed by atoms with Crippen molar-refractivity contribution in [3.63, 3.8) is 0 Å². The second-order valence-electron chi connectivity index (χ2n) is 2.89. The first-order valence-electron chi connectivity index (χ1n) is 4.56. The van der Waals surface area contributed by atoms with E-state index in [2.05, 4.69) is 5.32 Å². The topological polar surface area (TPSA) is 47.3 Å². The molecule has 0 amide bonds. The Morgan fingerprint density at radius 1 is 1.50 bits per heavy atom. The van der Waals surface area contributed by atoms with Gasteiger partial charge in [0.1, 0.15) is 5.75 Å². The van der Waals surface area contributed by atoms with Crippen LogP contribution in [0, 0.1) is 0 Å².